The second-order valence-corrected chi connectivity index (χ2v) is 11.9. The molecular weight excluding hydrogens is 486 g/mol. The molecule has 5 nitrogen and oxygen atoms in total. The van der Waals surface area contributed by atoms with Gasteiger partial charge in [0.05, 0.1) is 29.9 Å². The minimum Gasteiger partial charge on any atom is -0.379 e. The summed E-state index contributed by atoms with van der Waals surface area (Å²) in [5, 5.41) is 1.98. The average molecular weight is 518 g/mol. The van der Waals surface area contributed by atoms with Crippen LogP contribution in [0.3, 0.4) is 0 Å². The van der Waals surface area contributed by atoms with Crippen LogP contribution in [0, 0.1) is 6.92 Å². The zero-order chi connectivity index (χ0) is 24.1. The average Bonchev–Trinajstić information content (AvgIpc) is 3.25. The first-order valence-corrected chi connectivity index (χ1v) is 13.9. The van der Waals surface area contributed by atoms with Crippen molar-refractivity contribution < 1.29 is 9.53 Å². The number of hydrogen-bond acceptors (Lipinski definition) is 6. The molecule has 1 fully saturated rings. The smallest absolute Gasteiger partial charge is 0.233 e. The van der Waals surface area contributed by atoms with E-state index in [1.54, 1.807) is 11.3 Å². The number of benzene rings is 2. The van der Waals surface area contributed by atoms with Gasteiger partial charge in [0.25, 0.3) is 0 Å². The summed E-state index contributed by atoms with van der Waals surface area (Å²) >= 11 is 9.72. The molecule has 0 N–H and O–H groups in total. The van der Waals surface area contributed by atoms with Gasteiger partial charge in [-0.1, -0.05) is 48.9 Å². The van der Waals surface area contributed by atoms with Gasteiger partial charge in [-0.2, -0.15) is 0 Å². The minimum absolute atomic E-state index is 0.0778. The maximum absolute atomic E-state index is 13.5. The van der Waals surface area contributed by atoms with Gasteiger partial charge in [0.15, 0.2) is 5.13 Å². The molecule has 1 saturated heterocycles. The molecule has 0 aliphatic carbocycles. The van der Waals surface area contributed by atoms with Crippen LogP contribution in [0.4, 0.5) is 5.13 Å². The molecule has 0 spiro atoms. The largest absolute Gasteiger partial charge is 0.379 e. The number of rotatable bonds is 9. The lowest BCUT2D eigenvalue weighted by Gasteiger charge is -2.27. The zero-order valence-corrected chi connectivity index (χ0v) is 22.4. The normalized spacial score (nSPS) is 14.7. The number of anilines is 1. The summed E-state index contributed by atoms with van der Waals surface area (Å²) < 4.78 is 6.51. The van der Waals surface area contributed by atoms with Gasteiger partial charge in [0, 0.05) is 41.3 Å². The number of morpholine rings is 1. The van der Waals surface area contributed by atoms with E-state index >= 15 is 0 Å². The minimum atomic E-state index is 0.0778. The Morgan fingerprint density at radius 2 is 1.94 bits per heavy atom. The van der Waals surface area contributed by atoms with Crippen LogP contribution in [0.2, 0.25) is 5.02 Å². The number of carbonyl (C=O) groups is 1. The van der Waals surface area contributed by atoms with Crippen molar-refractivity contribution in [3.05, 3.63) is 52.5 Å². The molecule has 1 aromatic heterocycles. The topological polar surface area (TPSA) is 45.7 Å². The first-order chi connectivity index (χ1) is 16.4. The Balaban J connectivity index is 1.51. The fourth-order valence-corrected chi connectivity index (χ4v) is 6.10. The predicted octanol–water partition coefficient (Wildman–Crippen LogP) is 6.06. The summed E-state index contributed by atoms with van der Waals surface area (Å²) in [6.07, 6.45) is 1.26. The fourth-order valence-electron chi connectivity index (χ4n) is 4.04. The summed E-state index contributed by atoms with van der Waals surface area (Å²) in [5.74, 6) is 0.0778. The van der Waals surface area contributed by atoms with Crippen molar-refractivity contribution in [1.29, 1.82) is 0 Å². The van der Waals surface area contributed by atoms with Crippen LogP contribution in [0.15, 0.2) is 41.3 Å². The molecule has 0 unspecified atom stereocenters. The van der Waals surface area contributed by atoms with Crippen LogP contribution in [-0.4, -0.2) is 60.4 Å². The quantitative estimate of drug-likeness (QED) is 0.323. The van der Waals surface area contributed by atoms with Crippen LogP contribution in [0.25, 0.3) is 10.2 Å². The molecule has 8 heteroatoms. The lowest BCUT2D eigenvalue weighted by atomic mass is 10.1. The maximum Gasteiger partial charge on any atom is 0.233 e. The van der Waals surface area contributed by atoms with Crippen molar-refractivity contribution >= 4 is 56.0 Å². The van der Waals surface area contributed by atoms with Crippen LogP contribution >= 0.6 is 34.7 Å². The molecule has 1 amide bonds. The molecular formula is C26H32ClN3O2S2. The number of halogens is 1. The molecule has 0 bridgehead atoms. The number of thiazole rings is 1. The SMILES string of the molecule is Cc1c(Cl)ccc2sc(N(CCCN3CCOCC3)C(=O)Cc3ccc(SC(C)C)cc3)nc12. The molecule has 0 radical (unpaired) electrons. The van der Waals surface area contributed by atoms with E-state index in [4.69, 9.17) is 21.3 Å². The van der Waals surface area contributed by atoms with Gasteiger partial charge in [-0.05, 0) is 48.7 Å². The van der Waals surface area contributed by atoms with Crippen molar-refractivity contribution in [3.8, 4) is 0 Å². The summed E-state index contributed by atoms with van der Waals surface area (Å²) in [5.41, 5.74) is 2.87. The van der Waals surface area contributed by atoms with E-state index in [2.05, 4.69) is 43.0 Å². The summed E-state index contributed by atoms with van der Waals surface area (Å²) in [6.45, 7) is 11.4. The highest BCUT2D eigenvalue weighted by molar-refractivity contribution is 7.99. The summed E-state index contributed by atoms with van der Waals surface area (Å²) in [4.78, 5) is 23.9. The highest BCUT2D eigenvalue weighted by Crippen LogP contribution is 2.34. The van der Waals surface area contributed by atoms with Crippen LogP contribution < -0.4 is 4.90 Å². The number of amides is 1. The Morgan fingerprint density at radius 3 is 2.65 bits per heavy atom. The first-order valence-electron chi connectivity index (χ1n) is 11.8. The van der Waals surface area contributed by atoms with E-state index in [0.717, 1.165) is 65.7 Å². The predicted molar refractivity (Wildman–Crippen MR) is 145 cm³/mol. The number of hydrogen-bond donors (Lipinski definition) is 0. The van der Waals surface area contributed by atoms with E-state index in [1.807, 2.05) is 35.7 Å². The second kappa shape index (κ2) is 11.9. The van der Waals surface area contributed by atoms with E-state index in [9.17, 15) is 4.79 Å². The van der Waals surface area contributed by atoms with Crippen molar-refractivity contribution in [1.82, 2.24) is 9.88 Å². The number of aryl methyl sites for hydroxylation is 1. The Labute approximate surface area is 215 Å². The molecule has 4 rings (SSSR count). The highest BCUT2D eigenvalue weighted by atomic mass is 35.5. The van der Waals surface area contributed by atoms with Gasteiger partial charge < -0.3 is 4.74 Å². The zero-order valence-electron chi connectivity index (χ0n) is 20.1. The van der Waals surface area contributed by atoms with Crippen LogP contribution in [0.1, 0.15) is 31.4 Å². The number of aromatic nitrogens is 1. The third kappa shape index (κ3) is 6.52. The van der Waals surface area contributed by atoms with E-state index < -0.39 is 0 Å². The Kier molecular flexibility index (Phi) is 8.88. The van der Waals surface area contributed by atoms with E-state index in [-0.39, 0.29) is 5.91 Å². The fraction of sp³-hybridized carbons (Fsp3) is 0.462. The molecule has 0 saturated carbocycles. The molecule has 2 heterocycles. The molecule has 34 heavy (non-hydrogen) atoms. The van der Waals surface area contributed by atoms with Gasteiger partial charge in [-0.3, -0.25) is 14.6 Å². The molecule has 1 aliphatic heterocycles. The molecule has 2 aromatic carbocycles. The monoisotopic (exact) mass is 517 g/mol. The highest BCUT2D eigenvalue weighted by Gasteiger charge is 2.22. The van der Waals surface area contributed by atoms with E-state index in [0.29, 0.717) is 23.2 Å². The van der Waals surface area contributed by atoms with E-state index in [1.165, 1.54) is 4.90 Å². The molecule has 3 aromatic rings. The van der Waals surface area contributed by atoms with Gasteiger partial charge in [-0.25, -0.2) is 4.98 Å². The molecule has 182 valence electrons. The Hall–Kier alpha value is -1.64. The van der Waals surface area contributed by atoms with Crippen molar-refractivity contribution in [2.75, 3.05) is 44.3 Å². The molecule has 1 aliphatic rings. The Bertz CT molecular complexity index is 1110. The number of nitrogens with zero attached hydrogens (tertiary/aromatic N) is 3. The second-order valence-electron chi connectivity index (χ2n) is 8.86. The number of ether oxygens (including phenoxy) is 1. The van der Waals surface area contributed by atoms with Crippen molar-refractivity contribution in [2.24, 2.45) is 0 Å². The van der Waals surface area contributed by atoms with Gasteiger partial charge in [-0.15, -0.1) is 11.8 Å². The Morgan fingerprint density at radius 1 is 1.21 bits per heavy atom. The number of thioether (sulfide) groups is 1. The third-order valence-electron chi connectivity index (χ3n) is 5.88. The van der Waals surface area contributed by atoms with Gasteiger partial charge in [0.1, 0.15) is 0 Å². The van der Waals surface area contributed by atoms with Crippen molar-refractivity contribution in [2.45, 2.75) is 43.8 Å². The van der Waals surface area contributed by atoms with Gasteiger partial charge in [0.2, 0.25) is 5.91 Å². The lowest BCUT2D eigenvalue weighted by Crippen LogP contribution is -2.39. The summed E-state index contributed by atoms with van der Waals surface area (Å²) in [6, 6.07) is 12.3. The molecule has 0 atom stereocenters. The van der Waals surface area contributed by atoms with Crippen LogP contribution in [0.5, 0.6) is 0 Å². The van der Waals surface area contributed by atoms with Crippen LogP contribution in [-0.2, 0) is 16.0 Å². The number of carbonyl (C=O) groups excluding carboxylic acids is 1. The van der Waals surface area contributed by atoms with Crippen molar-refractivity contribution in [3.63, 3.8) is 0 Å². The lowest BCUT2D eigenvalue weighted by molar-refractivity contribution is -0.118. The number of fused-ring (bicyclic) bond motifs is 1. The van der Waals surface area contributed by atoms with Gasteiger partial charge >= 0.3 is 0 Å². The third-order valence-corrected chi connectivity index (χ3v) is 8.35. The summed E-state index contributed by atoms with van der Waals surface area (Å²) in [7, 11) is 0. The first kappa shape index (κ1) is 25.5. The standard InChI is InChI=1S/C26H32ClN3O2S2/c1-18(2)33-21-7-5-20(6-8-21)17-24(31)30(12-4-11-29-13-15-32-16-14-29)26-28-25-19(3)22(27)9-10-23(25)34-26/h5-10,18H,4,11-17H2,1-3H3. The maximum atomic E-state index is 13.5.